The first kappa shape index (κ1) is 29.4. The molecule has 0 radical (unpaired) electrons. The molecule has 0 aliphatic carbocycles. The molecule has 6 N–H and O–H groups in total. The maximum atomic E-state index is 12.6. The Bertz CT molecular complexity index is 1090. The fourth-order valence-electron chi connectivity index (χ4n) is 4.00. The van der Waals surface area contributed by atoms with Crippen LogP contribution in [0, 0.1) is 0 Å². The van der Waals surface area contributed by atoms with E-state index in [1.165, 1.54) is 6.92 Å². The zero-order valence-electron chi connectivity index (χ0n) is 21.9. The van der Waals surface area contributed by atoms with Crippen molar-refractivity contribution in [3.05, 3.63) is 60.4 Å². The van der Waals surface area contributed by atoms with E-state index in [1.54, 1.807) is 24.5 Å². The van der Waals surface area contributed by atoms with Crippen LogP contribution >= 0.6 is 0 Å². The van der Waals surface area contributed by atoms with Gasteiger partial charge in [-0.25, -0.2) is 4.79 Å². The van der Waals surface area contributed by atoms with Crippen LogP contribution in [0.25, 0.3) is 0 Å². The molecule has 0 unspecified atom stereocenters. The summed E-state index contributed by atoms with van der Waals surface area (Å²) in [6, 6.07) is 10.5. The summed E-state index contributed by atoms with van der Waals surface area (Å²) >= 11 is 0. The number of hydrogen-bond donors (Lipinski definition) is 5. The maximum absolute atomic E-state index is 12.6. The molecule has 3 rings (SSSR count). The standard InChI is InChI=1S/C27H36N6O6/c1-18(32-26(36)23-15-21(16-31-23)39-20-10-13-29-14-11-20)25(35)33-22(24(28)34)9-5-6-12-30-27(37)38-17-19-7-3-2-4-8-19/h2-4,7-8,10-11,13-14,18,21-23,31H,5-6,9,12,15-17H2,1H3,(H2,28,34)(H,30,37)(H,32,36)(H,33,35)/t18-,21+,22-,23-/m0/s1. The Kier molecular flexibility index (Phi) is 11.5. The lowest BCUT2D eigenvalue weighted by atomic mass is 10.1. The number of nitrogens with two attached hydrogens (primary N) is 1. The molecule has 210 valence electrons. The molecule has 12 heteroatoms. The molecule has 1 aliphatic heterocycles. The first-order valence-electron chi connectivity index (χ1n) is 13.0. The van der Waals surface area contributed by atoms with Crippen molar-refractivity contribution in [2.45, 2.75) is 63.4 Å². The average molecular weight is 541 g/mol. The third kappa shape index (κ3) is 10.2. The van der Waals surface area contributed by atoms with E-state index < -0.39 is 36.0 Å². The van der Waals surface area contributed by atoms with Gasteiger partial charge in [-0.1, -0.05) is 30.3 Å². The number of unbranched alkanes of at least 4 members (excludes halogenated alkanes) is 1. The molecule has 1 saturated heterocycles. The van der Waals surface area contributed by atoms with Gasteiger partial charge >= 0.3 is 6.09 Å². The monoisotopic (exact) mass is 540 g/mol. The second kappa shape index (κ2) is 15.3. The van der Waals surface area contributed by atoms with Crippen molar-refractivity contribution in [1.82, 2.24) is 26.3 Å². The smallest absolute Gasteiger partial charge is 0.407 e. The quantitative estimate of drug-likeness (QED) is 0.218. The molecule has 1 fully saturated rings. The third-order valence-corrected chi connectivity index (χ3v) is 6.17. The lowest BCUT2D eigenvalue weighted by Gasteiger charge is -2.21. The summed E-state index contributed by atoms with van der Waals surface area (Å²) in [6.07, 6.45) is 4.36. The van der Waals surface area contributed by atoms with Gasteiger partial charge in [-0.3, -0.25) is 19.4 Å². The zero-order valence-corrected chi connectivity index (χ0v) is 21.9. The molecule has 39 heavy (non-hydrogen) atoms. The minimum absolute atomic E-state index is 0.175. The van der Waals surface area contributed by atoms with Gasteiger partial charge in [0.25, 0.3) is 0 Å². The number of primary amides is 1. The fourth-order valence-corrected chi connectivity index (χ4v) is 4.00. The average Bonchev–Trinajstić information content (AvgIpc) is 3.40. The van der Waals surface area contributed by atoms with Gasteiger partial charge in [0.1, 0.15) is 30.5 Å². The lowest BCUT2D eigenvalue weighted by molar-refractivity contribution is -0.131. The van der Waals surface area contributed by atoms with E-state index in [4.69, 9.17) is 15.2 Å². The number of carbonyl (C=O) groups is 4. The Morgan fingerprint density at radius 3 is 2.54 bits per heavy atom. The number of alkyl carbamates (subject to hydrolysis) is 1. The van der Waals surface area contributed by atoms with Crippen LogP contribution in [0.3, 0.4) is 0 Å². The number of amides is 4. The maximum Gasteiger partial charge on any atom is 0.407 e. The molecule has 2 aromatic rings. The topological polar surface area (TPSA) is 174 Å². The Morgan fingerprint density at radius 2 is 1.82 bits per heavy atom. The van der Waals surface area contributed by atoms with Crippen LogP contribution < -0.4 is 31.7 Å². The second-order valence-corrected chi connectivity index (χ2v) is 9.30. The highest BCUT2D eigenvalue weighted by atomic mass is 16.5. The third-order valence-electron chi connectivity index (χ3n) is 6.17. The summed E-state index contributed by atoms with van der Waals surface area (Å²) in [7, 11) is 0. The Labute approximate surface area is 227 Å². The highest BCUT2D eigenvalue weighted by molar-refractivity contribution is 5.92. The molecular formula is C27H36N6O6. The summed E-state index contributed by atoms with van der Waals surface area (Å²) in [6.45, 7) is 2.55. The number of nitrogens with one attached hydrogen (secondary N) is 4. The summed E-state index contributed by atoms with van der Waals surface area (Å²) in [4.78, 5) is 52.9. The number of hydrogen-bond acceptors (Lipinski definition) is 8. The number of nitrogens with zero attached hydrogens (tertiary/aromatic N) is 1. The summed E-state index contributed by atoms with van der Waals surface area (Å²) in [5, 5.41) is 11.0. The van der Waals surface area contributed by atoms with E-state index in [1.807, 2.05) is 30.3 Å². The van der Waals surface area contributed by atoms with Crippen molar-refractivity contribution < 1.29 is 28.7 Å². The van der Waals surface area contributed by atoms with Crippen LogP contribution in [-0.4, -0.2) is 66.1 Å². The molecule has 4 amide bonds. The molecule has 12 nitrogen and oxygen atoms in total. The number of aromatic nitrogens is 1. The highest BCUT2D eigenvalue weighted by Gasteiger charge is 2.32. The van der Waals surface area contributed by atoms with Crippen molar-refractivity contribution in [1.29, 1.82) is 0 Å². The van der Waals surface area contributed by atoms with E-state index in [-0.39, 0.29) is 18.6 Å². The summed E-state index contributed by atoms with van der Waals surface area (Å²) < 4.78 is 11.0. The van der Waals surface area contributed by atoms with Crippen molar-refractivity contribution in [2.24, 2.45) is 5.73 Å². The van der Waals surface area contributed by atoms with Crippen LogP contribution in [0.4, 0.5) is 4.79 Å². The largest absolute Gasteiger partial charge is 0.489 e. The predicted molar refractivity (Wildman–Crippen MR) is 142 cm³/mol. The van der Waals surface area contributed by atoms with Gasteiger partial charge in [-0.05, 0) is 43.9 Å². The molecule has 1 aromatic heterocycles. The number of ether oxygens (including phenoxy) is 2. The second-order valence-electron chi connectivity index (χ2n) is 9.30. The molecular weight excluding hydrogens is 504 g/mol. The summed E-state index contributed by atoms with van der Waals surface area (Å²) in [5.74, 6) is -0.857. The normalized spacial score (nSPS) is 17.9. The van der Waals surface area contributed by atoms with Gasteiger partial charge in [0.15, 0.2) is 0 Å². The van der Waals surface area contributed by atoms with E-state index in [2.05, 4.69) is 26.3 Å². The molecule has 1 aliphatic rings. The van der Waals surface area contributed by atoms with Crippen LogP contribution in [0.15, 0.2) is 54.9 Å². The number of carbonyl (C=O) groups excluding carboxylic acids is 4. The van der Waals surface area contributed by atoms with E-state index in [0.29, 0.717) is 44.5 Å². The molecule has 1 aromatic carbocycles. The number of benzene rings is 1. The SMILES string of the molecule is C[C@H](NC(=O)[C@@H]1C[C@@H](Oc2ccncc2)CN1)C(=O)N[C@@H](CCCCNC(=O)OCc1ccccc1)C(N)=O. The van der Waals surface area contributed by atoms with Gasteiger partial charge in [0, 0.05) is 31.9 Å². The van der Waals surface area contributed by atoms with Gasteiger partial charge in [0.05, 0.1) is 6.04 Å². The fraction of sp³-hybridized carbons (Fsp3) is 0.444. The molecule has 0 saturated carbocycles. The van der Waals surface area contributed by atoms with Crippen LogP contribution in [0.5, 0.6) is 5.75 Å². The van der Waals surface area contributed by atoms with Gasteiger partial charge in [-0.15, -0.1) is 0 Å². The van der Waals surface area contributed by atoms with Crippen molar-refractivity contribution in [2.75, 3.05) is 13.1 Å². The van der Waals surface area contributed by atoms with Crippen molar-refractivity contribution in [3.8, 4) is 5.75 Å². The van der Waals surface area contributed by atoms with Crippen LogP contribution in [0.2, 0.25) is 0 Å². The highest BCUT2D eigenvalue weighted by Crippen LogP contribution is 2.16. The van der Waals surface area contributed by atoms with Gasteiger partial charge in [0.2, 0.25) is 17.7 Å². The van der Waals surface area contributed by atoms with Gasteiger partial charge in [-0.2, -0.15) is 0 Å². The molecule has 4 atom stereocenters. The Hall–Kier alpha value is -4.19. The zero-order chi connectivity index (χ0) is 28.0. The van der Waals surface area contributed by atoms with Crippen LogP contribution in [0.1, 0.15) is 38.2 Å². The Balaban J connectivity index is 1.32. The Morgan fingerprint density at radius 1 is 1.08 bits per heavy atom. The van der Waals surface area contributed by atoms with Gasteiger partial charge < -0.3 is 36.5 Å². The first-order valence-corrected chi connectivity index (χ1v) is 13.0. The molecule has 0 spiro atoms. The summed E-state index contributed by atoms with van der Waals surface area (Å²) in [5.41, 5.74) is 6.35. The number of pyridine rings is 1. The number of rotatable bonds is 14. The lowest BCUT2D eigenvalue weighted by Crippen LogP contribution is -2.54. The molecule has 2 heterocycles. The van der Waals surface area contributed by atoms with E-state index in [9.17, 15) is 19.2 Å². The van der Waals surface area contributed by atoms with Crippen molar-refractivity contribution in [3.63, 3.8) is 0 Å². The van der Waals surface area contributed by atoms with E-state index >= 15 is 0 Å². The minimum atomic E-state index is -0.898. The van der Waals surface area contributed by atoms with E-state index in [0.717, 1.165) is 5.56 Å². The minimum Gasteiger partial charge on any atom is -0.489 e. The molecule has 0 bridgehead atoms. The van der Waals surface area contributed by atoms with Crippen LogP contribution in [-0.2, 0) is 25.7 Å². The first-order chi connectivity index (χ1) is 18.8. The van der Waals surface area contributed by atoms with Crippen molar-refractivity contribution >= 4 is 23.8 Å². The predicted octanol–water partition coefficient (Wildman–Crippen LogP) is 0.762.